The van der Waals surface area contributed by atoms with E-state index in [4.69, 9.17) is 10.00 Å². The van der Waals surface area contributed by atoms with Crippen LogP contribution in [0.15, 0.2) is 79.0 Å². The normalized spacial score (nSPS) is 10.4. The molecule has 144 valence electrons. The van der Waals surface area contributed by atoms with E-state index in [1.54, 1.807) is 24.4 Å². The van der Waals surface area contributed by atoms with Crippen LogP contribution in [-0.2, 0) is 4.79 Å². The fourth-order valence-corrected chi connectivity index (χ4v) is 2.72. The summed E-state index contributed by atoms with van der Waals surface area (Å²) in [5, 5.41) is 11.3. The van der Waals surface area contributed by atoms with Gasteiger partial charge in [-0.15, -0.1) is 0 Å². The summed E-state index contributed by atoms with van der Waals surface area (Å²) in [4.78, 5) is 16.5. The first-order valence-electron chi connectivity index (χ1n) is 9.35. The van der Waals surface area contributed by atoms with Crippen molar-refractivity contribution in [3.05, 3.63) is 84.6 Å². The summed E-state index contributed by atoms with van der Waals surface area (Å²) in [5.74, 6) is 0.547. The summed E-state index contributed by atoms with van der Waals surface area (Å²) >= 11 is 0. The summed E-state index contributed by atoms with van der Waals surface area (Å²) in [6, 6.07) is 23.6. The average Bonchev–Trinajstić information content (AvgIpc) is 2.77. The quantitative estimate of drug-likeness (QED) is 0.435. The van der Waals surface area contributed by atoms with E-state index in [0.717, 1.165) is 16.7 Å². The fourth-order valence-electron chi connectivity index (χ4n) is 2.72. The Kier molecular flexibility index (Phi) is 7.14. The van der Waals surface area contributed by atoms with Gasteiger partial charge in [0.2, 0.25) is 5.91 Å². The second kappa shape index (κ2) is 10.4. The van der Waals surface area contributed by atoms with Gasteiger partial charge in [0, 0.05) is 18.7 Å². The smallest absolute Gasteiger partial charge is 0.249 e. The highest BCUT2D eigenvalue weighted by Crippen LogP contribution is 2.22. The number of hydrogen-bond acceptors (Lipinski definition) is 4. The van der Waals surface area contributed by atoms with E-state index >= 15 is 0 Å². The van der Waals surface area contributed by atoms with Gasteiger partial charge in [0.15, 0.2) is 11.6 Å². The Bertz CT molecular complexity index is 1020. The number of ether oxygens (including phenoxy) is 1. The Morgan fingerprint density at radius 3 is 2.72 bits per heavy atom. The van der Waals surface area contributed by atoms with E-state index in [1.165, 1.54) is 6.08 Å². The zero-order valence-corrected chi connectivity index (χ0v) is 15.9. The molecule has 1 N–H and O–H groups in total. The molecule has 5 heteroatoms. The zero-order chi connectivity index (χ0) is 20.3. The lowest BCUT2D eigenvalue weighted by atomic mass is 10.0. The van der Waals surface area contributed by atoms with Gasteiger partial charge in [-0.2, -0.15) is 5.26 Å². The Morgan fingerprint density at radius 1 is 1.07 bits per heavy atom. The predicted molar refractivity (Wildman–Crippen MR) is 114 cm³/mol. The second-order valence-electron chi connectivity index (χ2n) is 6.27. The number of rotatable bonds is 8. The van der Waals surface area contributed by atoms with Crippen LogP contribution in [0, 0.1) is 11.3 Å². The Balaban J connectivity index is 1.64. The lowest BCUT2D eigenvalue weighted by Crippen LogP contribution is -2.11. The van der Waals surface area contributed by atoms with Crippen LogP contribution in [0.1, 0.15) is 18.4 Å². The molecule has 1 heterocycles. The fraction of sp³-hybridized carbons (Fsp3) is 0.125. The molecule has 0 aliphatic rings. The molecule has 0 saturated heterocycles. The molecule has 0 bridgehead atoms. The molecule has 0 unspecified atom stereocenters. The first-order chi connectivity index (χ1) is 14.3. The van der Waals surface area contributed by atoms with Crippen molar-refractivity contribution in [3.63, 3.8) is 0 Å². The number of carbonyl (C=O) groups is 1. The van der Waals surface area contributed by atoms with Gasteiger partial charge < -0.3 is 10.1 Å². The summed E-state index contributed by atoms with van der Waals surface area (Å²) in [6.07, 6.45) is 5.87. The van der Waals surface area contributed by atoms with Crippen molar-refractivity contribution in [2.75, 3.05) is 11.9 Å². The van der Waals surface area contributed by atoms with Crippen LogP contribution < -0.4 is 10.1 Å². The molecule has 5 nitrogen and oxygen atoms in total. The molecule has 0 atom stereocenters. The maximum Gasteiger partial charge on any atom is 0.249 e. The minimum absolute atomic E-state index is 0.296. The molecule has 2 aromatic carbocycles. The number of amides is 1. The predicted octanol–water partition coefficient (Wildman–Crippen LogP) is 5.08. The molecule has 1 amide bonds. The molecular formula is C24H21N3O2. The van der Waals surface area contributed by atoms with E-state index in [2.05, 4.69) is 28.5 Å². The minimum Gasteiger partial charge on any atom is -0.490 e. The van der Waals surface area contributed by atoms with Gasteiger partial charge >= 0.3 is 0 Å². The lowest BCUT2D eigenvalue weighted by molar-refractivity contribution is -0.111. The number of nitrogens with zero attached hydrogens (tertiary/aromatic N) is 2. The molecule has 29 heavy (non-hydrogen) atoms. The molecule has 0 aliphatic carbocycles. The van der Waals surface area contributed by atoms with Crippen molar-refractivity contribution >= 4 is 17.8 Å². The summed E-state index contributed by atoms with van der Waals surface area (Å²) < 4.78 is 5.62. The number of hydrogen-bond donors (Lipinski definition) is 1. The van der Waals surface area contributed by atoms with Crippen LogP contribution in [-0.4, -0.2) is 17.5 Å². The highest BCUT2D eigenvalue weighted by Gasteiger charge is 2.07. The molecule has 0 radical (unpaired) electrons. The van der Waals surface area contributed by atoms with Crippen LogP contribution in [0.4, 0.5) is 5.82 Å². The lowest BCUT2D eigenvalue weighted by Gasteiger charge is -2.09. The maximum atomic E-state index is 12.3. The zero-order valence-electron chi connectivity index (χ0n) is 15.9. The number of carbonyl (C=O) groups excluding carboxylic acids is 1. The van der Waals surface area contributed by atoms with Gasteiger partial charge in [0.05, 0.1) is 12.7 Å². The molecule has 0 fully saturated rings. The van der Waals surface area contributed by atoms with Crippen molar-refractivity contribution in [1.82, 2.24) is 4.98 Å². The minimum atomic E-state index is -0.296. The molecular weight excluding hydrogens is 362 g/mol. The van der Waals surface area contributed by atoms with Gasteiger partial charge in [0.1, 0.15) is 0 Å². The van der Waals surface area contributed by atoms with Crippen LogP contribution >= 0.6 is 0 Å². The third-order valence-corrected chi connectivity index (χ3v) is 4.12. The van der Waals surface area contributed by atoms with Crippen LogP contribution in [0.3, 0.4) is 0 Å². The van der Waals surface area contributed by atoms with Crippen molar-refractivity contribution < 1.29 is 9.53 Å². The molecule has 1 aromatic heterocycles. The van der Waals surface area contributed by atoms with E-state index in [9.17, 15) is 4.79 Å². The maximum absolute atomic E-state index is 12.3. The van der Waals surface area contributed by atoms with Crippen LogP contribution in [0.2, 0.25) is 0 Å². The van der Waals surface area contributed by atoms with Crippen LogP contribution in [0.25, 0.3) is 17.2 Å². The highest BCUT2D eigenvalue weighted by atomic mass is 16.5. The SMILES string of the molecule is N#CCCCOc1cccnc1NC(=O)/C=C/c1cccc(-c2ccccc2)c1. The first kappa shape index (κ1) is 19.8. The summed E-state index contributed by atoms with van der Waals surface area (Å²) in [7, 11) is 0. The van der Waals surface area contributed by atoms with Gasteiger partial charge in [-0.05, 0) is 47.4 Å². The number of nitrogens with one attached hydrogen (secondary N) is 1. The number of benzene rings is 2. The third-order valence-electron chi connectivity index (χ3n) is 4.12. The molecule has 0 aliphatic heterocycles. The van der Waals surface area contributed by atoms with E-state index in [1.807, 2.05) is 42.5 Å². The monoisotopic (exact) mass is 383 g/mol. The Morgan fingerprint density at radius 2 is 1.90 bits per heavy atom. The highest BCUT2D eigenvalue weighted by molar-refractivity contribution is 6.02. The van der Waals surface area contributed by atoms with Crippen molar-refractivity contribution in [1.29, 1.82) is 5.26 Å². The van der Waals surface area contributed by atoms with E-state index in [0.29, 0.717) is 31.0 Å². The van der Waals surface area contributed by atoms with Gasteiger partial charge in [-0.25, -0.2) is 4.98 Å². The molecule has 3 rings (SSSR count). The standard InChI is InChI=1S/C24H21N3O2/c25-15-4-5-17-29-22-12-7-16-26-24(22)27-23(28)14-13-19-8-6-11-21(18-19)20-9-2-1-3-10-20/h1-3,6-14,16,18H,4-5,17H2,(H,26,27,28)/b14-13+. The summed E-state index contributed by atoms with van der Waals surface area (Å²) in [6.45, 7) is 0.393. The largest absolute Gasteiger partial charge is 0.490 e. The number of aromatic nitrogens is 1. The molecule has 3 aromatic rings. The van der Waals surface area contributed by atoms with E-state index in [-0.39, 0.29) is 5.91 Å². The Labute approximate surface area is 170 Å². The van der Waals surface area contributed by atoms with Gasteiger partial charge in [0.25, 0.3) is 0 Å². The summed E-state index contributed by atoms with van der Waals surface area (Å²) in [5.41, 5.74) is 3.14. The van der Waals surface area contributed by atoms with Gasteiger partial charge in [-0.1, -0.05) is 48.5 Å². The molecule has 0 saturated carbocycles. The van der Waals surface area contributed by atoms with Gasteiger partial charge in [-0.3, -0.25) is 4.79 Å². The number of unbranched alkanes of at least 4 members (excludes halogenated alkanes) is 1. The Hall–Kier alpha value is -3.91. The first-order valence-corrected chi connectivity index (χ1v) is 9.35. The average molecular weight is 383 g/mol. The third kappa shape index (κ3) is 6.05. The van der Waals surface area contributed by atoms with E-state index < -0.39 is 0 Å². The van der Waals surface area contributed by atoms with Crippen molar-refractivity contribution in [3.8, 4) is 22.9 Å². The van der Waals surface area contributed by atoms with Crippen molar-refractivity contribution in [2.24, 2.45) is 0 Å². The number of nitriles is 1. The number of pyridine rings is 1. The van der Waals surface area contributed by atoms with Crippen LogP contribution in [0.5, 0.6) is 5.75 Å². The van der Waals surface area contributed by atoms with Crippen molar-refractivity contribution in [2.45, 2.75) is 12.8 Å². The topological polar surface area (TPSA) is 75.0 Å². The number of anilines is 1. The second-order valence-corrected chi connectivity index (χ2v) is 6.27. The molecule has 0 spiro atoms.